The number of carboxylic acid groups (broad SMARTS) is 1. The Kier molecular flexibility index (Phi) is 3.80. The number of amides is 1. The van der Waals surface area contributed by atoms with Crippen LogP contribution < -0.4 is 0 Å². The van der Waals surface area contributed by atoms with Gasteiger partial charge in [-0.25, -0.2) is 0 Å². The molecular formula is C15H15NO3. The van der Waals surface area contributed by atoms with Crippen LogP contribution in [-0.2, 0) is 16.1 Å². The molecule has 0 aliphatic rings. The van der Waals surface area contributed by atoms with Gasteiger partial charge in [-0.3, -0.25) is 9.59 Å². The summed E-state index contributed by atoms with van der Waals surface area (Å²) in [5.41, 5.74) is 0.986. The van der Waals surface area contributed by atoms with Crippen molar-refractivity contribution in [3.05, 3.63) is 48.0 Å². The van der Waals surface area contributed by atoms with Crippen molar-refractivity contribution in [1.82, 2.24) is 4.90 Å². The number of carboxylic acids is 1. The van der Waals surface area contributed by atoms with Gasteiger partial charge in [-0.05, 0) is 22.4 Å². The van der Waals surface area contributed by atoms with Crippen molar-refractivity contribution in [3.8, 4) is 0 Å². The van der Waals surface area contributed by atoms with Gasteiger partial charge in [0.15, 0.2) is 0 Å². The number of carbonyl (C=O) groups is 2. The third-order valence-electron chi connectivity index (χ3n) is 2.96. The SMILES string of the molecule is CN(Cc1ccc2ccccc2c1)C(=O)CC(=O)O. The second kappa shape index (κ2) is 5.52. The number of carbonyl (C=O) groups excluding carboxylic acids is 1. The average molecular weight is 257 g/mol. The summed E-state index contributed by atoms with van der Waals surface area (Å²) in [6, 6.07) is 13.9. The summed E-state index contributed by atoms with van der Waals surface area (Å²) in [6.07, 6.45) is -0.468. The highest BCUT2D eigenvalue weighted by molar-refractivity contribution is 5.93. The summed E-state index contributed by atoms with van der Waals surface area (Å²) in [6.45, 7) is 0.414. The Morgan fingerprint density at radius 3 is 2.47 bits per heavy atom. The molecule has 0 fully saturated rings. The zero-order chi connectivity index (χ0) is 13.8. The van der Waals surface area contributed by atoms with Crippen LogP contribution in [0.1, 0.15) is 12.0 Å². The molecule has 1 amide bonds. The van der Waals surface area contributed by atoms with E-state index in [4.69, 9.17) is 5.11 Å². The van der Waals surface area contributed by atoms with E-state index in [1.54, 1.807) is 7.05 Å². The molecule has 0 atom stereocenters. The van der Waals surface area contributed by atoms with Gasteiger partial charge in [0.2, 0.25) is 5.91 Å². The highest BCUT2D eigenvalue weighted by Crippen LogP contribution is 2.16. The van der Waals surface area contributed by atoms with E-state index in [1.807, 2.05) is 42.5 Å². The molecule has 2 aromatic carbocycles. The molecule has 0 saturated heterocycles. The number of rotatable bonds is 4. The molecule has 0 aliphatic heterocycles. The first-order chi connectivity index (χ1) is 9.06. The van der Waals surface area contributed by atoms with Gasteiger partial charge in [0.25, 0.3) is 0 Å². The summed E-state index contributed by atoms with van der Waals surface area (Å²) in [4.78, 5) is 23.5. The monoisotopic (exact) mass is 257 g/mol. The Labute approximate surface area is 111 Å². The van der Waals surface area contributed by atoms with Crippen LogP contribution >= 0.6 is 0 Å². The van der Waals surface area contributed by atoms with E-state index >= 15 is 0 Å². The van der Waals surface area contributed by atoms with E-state index in [9.17, 15) is 9.59 Å². The first-order valence-electron chi connectivity index (χ1n) is 5.99. The molecule has 0 aliphatic carbocycles. The zero-order valence-corrected chi connectivity index (χ0v) is 10.7. The number of fused-ring (bicyclic) bond motifs is 1. The van der Waals surface area contributed by atoms with E-state index < -0.39 is 12.4 Å². The van der Waals surface area contributed by atoms with Gasteiger partial charge in [-0.15, -0.1) is 0 Å². The lowest BCUT2D eigenvalue weighted by atomic mass is 10.1. The maximum absolute atomic E-state index is 11.6. The number of aliphatic carboxylic acids is 1. The maximum Gasteiger partial charge on any atom is 0.312 e. The molecule has 0 aromatic heterocycles. The Morgan fingerprint density at radius 2 is 1.79 bits per heavy atom. The Morgan fingerprint density at radius 1 is 1.11 bits per heavy atom. The Balaban J connectivity index is 2.12. The summed E-state index contributed by atoms with van der Waals surface area (Å²) in [5.74, 6) is -1.49. The normalized spacial score (nSPS) is 10.4. The largest absolute Gasteiger partial charge is 0.481 e. The van der Waals surface area contributed by atoms with E-state index in [1.165, 1.54) is 4.90 Å². The molecule has 0 heterocycles. The number of hydrogen-bond donors (Lipinski definition) is 1. The van der Waals surface area contributed by atoms with Gasteiger partial charge >= 0.3 is 5.97 Å². The minimum atomic E-state index is -1.10. The molecule has 0 bridgehead atoms. The van der Waals surface area contributed by atoms with Crippen molar-refractivity contribution < 1.29 is 14.7 Å². The first kappa shape index (κ1) is 13.1. The summed E-state index contributed by atoms with van der Waals surface area (Å²) in [5, 5.41) is 10.8. The van der Waals surface area contributed by atoms with Crippen LogP contribution in [0, 0.1) is 0 Å². The zero-order valence-electron chi connectivity index (χ0n) is 10.7. The van der Waals surface area contributed by atoms with E-state index in [0.717, 1.165) is 16.3 Å². The van der Waals surface area contributed by atoms with Gasteiger partial charge in [-0.1, -0.05) is 36.4 Å². The Hall–Kier alpha value is -2.36. The topological polar surface area (TPSA) is 57.6 Å². The van der Waals surface area contributed by atoms with Crippen LogP contribution in [-0.4, -0.2) is 28.9 Å². The highest BCUT2D eigenvalue weighted by atomic mass is 16.4. The third-order valence-corrected chi connectivity index (χ3v) is 2.96. The number of nitrogens with zero attached hydrogens (tertiary/aromatic N) is 1. The fourth-order valence-corrected chi connectivity index (χ4v) is 1.96. The van der Waals surface area contributed by atoms with Crippen molar-refractivity contribution in [1.29, 1.82) is 0 Å². The van der Waals surface area contributed by atoms with Crippen LogP contribution in [0.2, 0.25) is 0 Å². The third kappa shape index (κ3) is 3.31. The van der Waals surface area contributed by atoms with Gasteiger partial charge < -0.3 is 10.0 Å². The molecule has 0 unspecified atom stereocenters. The summed E-state index contributed by atoms with van der Waals surface area (Å²) < 4.78 is 0. The summed E-state index contributed by atoms with van der Waals surface area (Å²) in [7, 11) is 1.61. The predicted octanol–water partition coefficient (Wildman–Crippen LogP) is 2.27. The lowest BCUT2D eigenvalue weighted by molar-refractivity contribution is -0.143. The van der Waals surface area contributed by atoms with Crippen molar-refractivity contribution in [2.75, 3.05) is 7.05 Å². The van der Waals surface area contributed by atoms with Crippen LogP contribution in [0.25, 0.3) is 10.8 Å². The molecule has 2 aromatic rings. The molecule has 2 rings (SSSR count). The lowest BCUT2D eigenvalue weighted by Crippen LogP contribution is -2.28. The van der Waals surface area contributed by atoms with E-state index in [-0.39, 0.29) is 5.91 Å². The number of hydrogen-bond acceptors (Lipinski definition) is 2. The van der Waals surface area contributed by atoms with Crippen molar-refractivity contribution in [2.45, 2.75) is 13.0 Å². The van der Waals surface area contributed by atoms with Crippen molar-refractivity contribution in [2.24, 2.45) is 0 Å². The first-order valence-corrected chi connectivity index (χ1v) is 5.99. The van der Waals surface area contributed by atoms with Crippen molar-refractivity contribution in [3.63, 3.8) is 0 Å². The highest BCUT2D eigenvalue weighted by Gasteiger charge is 2.13. The van der Waals surface area contributed by atoms with Gasteiger partial charge in [0.1, 0.15) is 6.42 Å². The lowest BCUT2D eigenvalue weighted by Gasteiger charge is -2.16. The second-order valence-corrected chi connectivity index (χ2v) is 4.50. The minimum Gasteiger partial charge on any atom is -0.481 e. The van der Waals surface area contributed by atoms with Crippen LogP contribution in [0.15, 0.2) is 42.5 Å². The molecule has 98 valence electrons. The average Bonchev–Trinajstić information content (AvgIpc) is 2.37. The smallest absolute Gasteiger partial charge is 0.312 e. The minimum absolute atomic E-state index is 0.388. The van der Waals surface area contributed by atoms with Gasteiger partial charge in [-0.2, -0.15) is 0 Å². The molecular weight excluding hydrogens is 242 g/mol. The molecule has 19 heavy (non-hydrogen) atoms. The fraction of sp³-hybridized carbons (Fsp3) is 0.200. The van der Waals surface area contributed by atoms with E-state index in [2.05, 4.69) is 0 Å². The molecule has 0 radical (unpaired) electrons. The quantitative estimate of drug-likeness (QED) is 0.855. The molecule has 0 saturated carbocycles. The van der Waals surface area contributed by atoms with Crippen LogP contribution in [0.4, 0.5) is 0 Å². The summed E-state index contributed by atoms with van der Waals surface area (Å²) >= 11 is 0. The number of benzene rings is 2. The van der Waals surface area contributed by atoms with Gasteiger partial charge in [0, 0.05) is 13.6 Å². The Bertz CT molecular complexity index is 622. The van der Waals surface area contributed by atoms with E-state index in [0.29, 0.717) is 6.54 Å². The fourth-order valence-electron chi connectivity index (χ4n) is 1.96. The van der Waals surface area contributed by atoms with Crippen molar-refractivity contribution >= 4 is 22.6 Å². The molecule has 4 heteroatoms. The van der Waals surface area contributed by atoms with Gasteiger partial charge in [0.05, 0.1) is 0 Å². The maximum atomic E-state index is 11.6. The van der Waals surface area contributed by atoms with Crippen LogP contribution in [0.5, 0.6) is 0 Å². The molecule has 1 N–H and O–H groups in total. The molecule has 0 spiro atoms. The standard InChI is InChI=1S/C15H15NO3/c1-16(14(17)9-15(18)19)10-11-6-7-12-4-2-3-5-13(12)8-11/h2-8H,9-10H2,1H3,(H,18,19). The predicted molar refractivity (Wildman–Crippen MR) is 72.7 cm³/mol. The molecule has 4 nitrogen and oxygen atoms in total. The second-order valence-electron chi connectivity index (χ2n) is 4.50. The van der Waals surface area contributed by atoms with Crippen LogP contribution in [0.3, 0.4) is 0 Å².